The van der Waals surface area contributed by atoms with Crippen LogP contribution >= 0.6 is 0 Å². The third-order valence-electron chi connectivity index (χ3n) is 5.96. The number of amides is 2. The number of sulfonamides is 1. The van der Waals surface area contributed by atoms with E-state index in [-0.39, 0.29) is 4.90 Å². The Balaban J connectivity index is 1.75. The molecule has 0 aromatic heterocycles. The first kappa shape index (κ1) is 22.2. The number of rotatable bonds is 5. The second-order valence-corrected chi connectivity index (χ2v) is 9.56. The van der Waals surface area contributed by atoms with E-state index in [1.165, 1.54) is 24.3 Å². The Labute approximate surface area is 188 Å². The highest BCUT2D eigenvalue weighted by Crippen LogP contribution is 2.35. The van der Waals surface area contributed by atoms with Gasteiger partial charge in [-0.05, 0) is 43.3 Å². The molecule has 32 heavy (non-hydrogen) atoms. The molecule has 2 aromatic rings. The van der Waals surface area contributed by atoms with Gasteiger partial charge in [0.1, 0.15) is 5.70 Å². The zero-order chi connectivity index (χ0) is 23.0. The Bertz CT molecular complexity index is 1180. The van der Waals surface area contributed by atoms with Gasteiger partial charge in [-0.1, -0.05) is 36.8 Å². The summed E-state index contributed by atoms with van der Waals surface area (Å²) in [6.07, 6.45) is 0. The summed E-state index contributed by atoms with van der Waals surface area (Å²) in [4.78, 5) is 32.4. The van der Waals surface area contributed by atoms with Crippen LogP contribution < -0.4 is 10.0 Å². The summed E-state index contributed by atoms with van der Waals surface area (Å²) in [5, 5.41) is 5.17. The van der Waals surface area contributed by atoms with Gasteiger partial charge in [-0.2, -0.15) is 0 Å². The number of nitrogens with zero attached hydrogens (tertiary/aromatic N) is 3. The molecule has 1 saturated heterocycles. The predicted octanol–water partition coefficient (Wildman–Crippen LogP) is 1.56. The van der Waals surface area contributed by atoms with Gasteiger partial charge in [0.15, 0.2) is 0 Å². The molecule has 0 atom stereocenters. The molecule has 8 nitrogen and oxygen atoms in total. The smallest absolute Gasteiger partial charge is 0.282 e. The van der Waals surface area contributed by atoms with Crippen LogP contribution in [0.3, 0.4) is 0 Å². The first-order chi connectivity index (χ1) is 15.2. The minimum absolute atomic E-state index is 0.0806. The Morgan fingerprint density at radius 1 is 0.875 bits per heavy atom. The number of nitrogens with two attached hydrogens (primary N) is 1. The Kier molecular flexibility index (Phi) is 5.89. The predicted molar refractivity (Wildman–Crippen MR) is 122 cm³/mol. The van der Waals surface area contributed by atoms with Crippen LogP contribution in [0.5, 0.6) is 0 Å². The van der Waals surface area contributed by atoms with E-state index in [1.54, 1.807) is 0 Å². The van der Waals surface area contributed by atoms with E-state index < -0.39 is 21.8 Å². The molecule has 0 spiro atoms. The monoisotopic (exact) mass is 454 g/mol. The lowest BCUT2D eigenvalue weighted by Crippen LogP contribution is -2.47. The van der Waals surface area contributed by atoms with E-state index in [9.17, 15) is 18.0 Å². The standard InChI is InChI=1S/C23H26N4O4S/c1-3-25-12-14-26(15-13-25)21-20(17-6-4-16(2)5-7-17)22(28)27(23(21)29)18-8-10-19(11-9-18)32(24,30)31/h4-11H,3,12-15H2,1-2H3,(H2,24,30,31). The summed E-state index contributed by atoms with van der Waals surface area (Å²) in [5.74, 6) is -0.825. The van der Waals surface area contributed by atoms with Gasteiger partial charge in [0.05, 0.1) is 16.2 Å². The minimum Gasteiger partial charge on any atom is -0.364 e. The molecule has 0 unspecified atom stereocenters. The molecule has 2 aliphatic rings. The largest absolute Gasteiger partial charge is 0.364 e. The second-order valence-electron chi connectivity index (χ2n) is 8.00. The van der Waals surface area contributed by atoms with Gasteiger partial charge in [0.25, 0.3) is 11.8 Å². The quantitative estimate of drug-likeness (QED) is 0.688. The Morgan fingerprint density at radius 3 is 2.00 bits per heavy atom. The van der Waals surface area contributed by atoms with Crippen LogP contribution in [0, 0.1) is 6.92 Å². The van der Waals surface area contributed by atoms with Gasteiger partial charge < -0.3 is 9.80 Å². The van der Waals surface area contributed by atoms with E-state index in [4.69, 9.17) is 5.14 Å². The number of hydrogen-bond acceptors (Lipinski definition) is 6. The maximum Gasteiger partial charge on any atom is 0.282 e. The molecule has 0 aliphatic carbocycles. The molecule has 0 bridgehead atoms. The van der Waals surface area contributed by atoms with E-state index in [2.05, 4.69) is 11.8 Å². The first-order valence-electron chi connectivity index (χ1n) is 10.5. The molecule has 2 heterocycles. The van der Waals surface area contributed by atoms with Crippen molar-refractivity contribution in [3.8, 4) is 0 Å². The lowest BCUT2D eigenvalue weighted by Gasteiger charge is -2.36. The highest BCUT2D eigenvalue weighted by atomic mass is 32.2. The molecule has 2 aromatic carbocycles. The van der Waals surface area contributed by atoms with Crippen LogP contribution in [-0.4, -0.2) is 62.8 Å². The zero-order valence-electron chi connectivity index (χ0n) is 18.1. The summed E-state index contributed by atoms with van der Waals surface area (Å²) in [6.45, 7) is 7.92. The molecular formula is C23H26N4O4S. The van der Waals surface area contributed by atoms with Crippen molar-refractivity contribution >= 4 is 33.1 Å². The lowest BCUT2D eigenvalue weighted by molar-refractivity contribution is -0.120. The maximum atomic E-state index is 13.5. The summed E-state index contributed by atoms with van der Waals surface area (Å²) in [7, 11) is -3.88. The zero-order valence-corrected chi connectivity index (χ0v) is 18.9. The van der Waals surface area contributed by atoms with Crippen molar-refractivity contribution in [2.75, 3.05) is 37.6 Å². The van der Waals surface area contributed by atoms with E-state index in [1.807, 2.05) is 36.1 Å². The fraction of sp³-hybridized carbons (Fsp3) is 0.304. The number of carbonyl (C=O) groups is 2. The number of likely N-dealkylation sites (N-methyl/N-ethyl adjacent to an activating group) is 1. The normalized spacial score (nSPS) is 18.1. The van der Waals surface area contributed by atoms with Crippen molar-refractivity contribution in [3.05, 3.63) is 65.4 Å². The Hall–Kier alpha value is -3.01. The molecule has 4 rings (SSSR count). The molecular weight excluding hydrogens is 428 g/mol. The topological polar surface area (TPSA) is 104 Å². The maximum absolute atomic E-state index is 13.5. The number of imide groups is 1. The van der Waals surface area contributed by atoms with Gasteiger partial charge in [-0.15, -0.1) is 0 Å². The van der Waals surface area contributed by atoms with Crippen LogP contribution in [0.25, 0.3) is 5.57 Å². The average Bonchev–Trinajstić information content (AvgIpc) is 3.04. The van der Waals surface area contributed by atoms with Crippen LogP contribution in [-0.2, 0) is 19.6 Å². The number of benzene rings is 2. The number of anilines is 1. The third kappa shape index (κ3) is 4.06. The van der Waals surface area contributed by atoms with Crippen molar-refractivity contribution in [3.63, 3.8) is 0 Å². The fourth-order valence-corrected chi connectivity index (χ4v) is 4.61. The number of piperazine rings is 1. The second kappa shape index (κ2) is 8.50. The van der Waals surface area contributed by atoms with Crippen LogP contribution in [0.1, 0.15) is 18.1 Å². The number of primary sulfonamides is 1. The van der Waals surface area contributed by atoms with Crippen LogP contribution in [0.4, 0.5) is 5.69 Å². The van der Waals surface area contributed by atoms with Gasteiger partial charge in [-0.3, -0.25) is 9.59 Å². The molecule has 2 N–H and O–H groups in total. The van der Waals surface area contributed by atoms with E-state index >= 15 is 0 Å². The van der Waals surface area contributed by atoms with Crippen molar-refractivity contribution in [1.29, 1.82) is 0 Å². The SMILES string of the molecule is CCN1CCN(C2=C(c3ccc(C)cc3)C(=O)N(c3ccc(S(N)(=O)=O)cc3)C2=O)CC1. The number of aryl methyl sites for hydroxylation is 1. The first-order valence-corrected chi connectivity index (χ1v) is 12.1. The third-order valence-corrected chi connectivity index (χ3v) is 6.89. The summed E-state index contributed by atoms with van der Waals surface area (Å²) < 4.78 is 23.2. The molecule has 2 amide bonds. The highest BCUT2D eigenvalue weighted by molar-refractivity contribution is 7.89. The lowest BCUT2D eigenvalue weighted by atomic mass is 10.0. The molecule has 2 aliphatic heterocycles. The van der Waals surface area contributed by atoms with E-state index in [0.717, 1.165) is 30.1 Å². The van der Waals surface area contributed by atoms with E-state index in [0.29, 0.717) is 35.6 Å². The molecule has 9 heteroatoms. The Morgan fingerprint density at radius 2 is 1.47 bits per heavy atom. The summed E-state index contributed by atoms with van der Waals surface area (Å²) >= 11 is 0. The number of carbonyl (C=O) groups excluding carboxylic acids is 2. The molecule has 168 valence electrons. The van der Waals surface area contributed by atoms with Crippen molar-refractivity contribution in [2.24, 2.45) is 5.14 Å². The van der Waals surface area contributed by atoms with Crippen LogP contribution in [0.15, 0.2) is 59.1 Å². The van der Waals surface area contributed by atoms with Crippen molar-refractivity contribution < 1.29 is 18.0 Å². The number of hydrogen-bond donors (Lipinski definition) is 1. The fourth-order valence-electron chi connectivity index (χ4n) is 4.10. The van der Waals surface area contributed by atoms with Crippen molar-refractivity contribution in [2.45, 2.75) is 18.7 Å². The van der Waals surface area contributed by atoms with Crippen LogP contribution in [0.2, 0.25) is 0 Å². The highest BCUT2D eigenvalue weighted by Gasteiger charge is 2.43. The molecule has 0 saturated carbocycles. The van der Waals surface area contributed by atoms with Crippen molar-refractivity contribution in [1.82, 2.24) is 9.80 Å². The molecule has 1 fully saturated rings. The molecule has 0 radical (unpaired) electrons. The summed E-state index contributed by atoms with van der Waals surface area (Å²) in [6, 6.07) is 13.0. The van der Waals surface area contributed by atoms with Gasteiger partial charge in [0, 0.05) is 26.2 Å². The summed E-state index contributed by atoms with van der Waals surface area (Å²) in [5.41, 5.74) is 2.81. The van der Waals surface area contributed by atoms with Gasteiger partial charge in [0.2, 0.25) is 10.0 Å². The average molecular weight is 455 g/mol. The minimum atomic E-state index is -3.88. The van der Waals surface area contributed by atoms with Gasteiger partial charge in [-0.25, -0.2) is 18.5 Å². The van der Waals surface area contributed by atoms with Gasteiger partial charge >= 0.3 is 0 Å².